The van der Waals surface area contributed by atoms with Crippen LogP contribution >= 0.6 is 0 Å². The highest BCUT2D eigenvalue weighted by molar-refractivity contribution is 5.50. The molecule has 24 heavy (non-hydrogen) atoms. The second kappa shape index (κ2) is 6.20. The molecule has 3 heterocycles. The second-order valence-corrected chi connectivity index (χ2v) is 5.86. The number of piperidine rings is 1. The van der Waals surface area contributed by atoms with Gasteiger partial charge in [0.1, 0.15) is 6.10 Å². The number of hydrogen-bond donors (Lipinski definition) is 0. The number of nitrogens with zero attached hydrogens (tertiary/aromatic N) is 5. The molecule has 6 nitrogen and oxygen atoms in total. The molecule has 0 amide bonds. The van der Waals surface area contributed by atoms with Crippen LogP contribution in [0.1, 0.15) is 18.4 Å². The summed E-state index contributed by atoms with van der Waals surface area (Å²) in [5, 5.41) is 13.0. The first-order valence-corrected chi connectivity index (χ1v) is 8.04. The predicted molar refractivity (Wildman–Crippen MR) is 90.0 cm³/mol. The van der Waals surface area contributed by atoms with Crippen molar-refractivity contribution in [1.82, 2.24) is 14.6 Å². The molecule has 1 aliphatic heterocycles. The molecule has 0 atom stereocenters. The van der Waals surface area contributed by atoms with Gasteiger partial charge in [-0.15, -0.1) is 0 Å². The van der Waals surface area contributed by atoms with E-state index in [1.807, 2.05) is 42.6 Å². The van der Waals surface area contributed by atoms with Gasteiger partial charge in [-0.2, -0.15) is 15.3 Å². The number of benzene rings is 1. The van der Waals surface area contributed by atoms with Gasteiger partial charge in [0.15, 0.2) is 5.65 Å². The van der Waals surface area contributed by atoms with Gasteiger partial charge in [-0.1, -0.05) is 0 Å². The summed E-state index contributed by atoms with van der Waals surface area (Å²) in [6.07, 6.45) is 5.67. The van der Waals surface area contributed by atoms with Crippen LogP contribution in [0.25, 0.3) is 5.65 Å². The van der Waals surface area contributed by atoms with Gasteiger partial charge in [0.25, 0.3) is 0 Å². The quantitative estimate of drug-likeness (QED) is 0.742. The summed E-state index contributed by atoms with van der Waals surface area (Å²) < 4.78 is 7.75. The molecular formula is C18H17N5O. The van der Waals surface area contributed by atoms with Crippen molar-refractivity contribution in [2.45, 2.75) is 18.9 Å². The van der Waals surface area contributed by atoms with E-state index in [1.165, 1.54) is 0 Å². The minimum absolute atomic E-state index is 0.178. The highest BCUT2D eigenvalue weighted by Gasteiger charge is 2.21. The zero-order valence-electron chi connectivity index (χ0n) is 13.2. The first-order chi connectivity index (χ1) is 11.8. The number of rotatable bonds is 3. The smallest absolute Gasteiger partial charge is 0.217 e. The van der Waals surface area contributed by atoms with E-state index >= 15 is 0 Å². The molecule has 120 valence electrons. The molecule has 0 aliphatic carbocycles. The summed E-state index contributed by atoms with van der Waals surface area (Å²) in [6, 6.07) is 13.6. The second-order valence-electron chi connectivity index (χ2n) is 5.86. The Morgan fingerprint density at radius 2 is 1.88 bits per heavy atom. The van der Waals surface area contributed by atoms with Crippen LogP contribution in [0.2, 0.25) is 0 Å². The fraction of sp³-hybridized carbons (Fsp3) is 0.278. The maximum absolute atomic E-state index is 8.87. The van der Waals surface area contributed by atoms with Crippen molar-refractivity contribution in [3.63, 3.8) is 0 Å². The lowest BCUT2D eigenvalue weighted by Gasteiger charge is -2.33. The van der Waals surface area contributed by atoms with E-state index in [-0.39, 0.29) is 6.10 Å². The van der Waals surface area contributed by atoms with Gasteiger partial charge in [-0.25, -0.2) is 4.52 Å². The van der Waals surface area contributed by atoms with Crippen LogP contribution in [-0.4, -0.2) is 33.8 Å². The van der Waals surface area contributed by atoms with Gasteiger partial charge in [0.05, 0.1) is 17.8 Å². The Kier molecular flexibility index (Phi) is 3.75. The Morgan fingerprint density at radius 1 is 1.08 bits per heavy atom. The lowest BCUT2D eigenvalue weighted by Crippen LogP contribution is -2.38. The lowest BCUT2D eigenvalue weighted by molar-refractivity contribution is 0.164. The van der Waals surface area contributed by atoms with Crippen molar-refractivity contribution in [3.05, 3.63) is 54.4 Å². The molecule has 0 unspecified atom stereocenters. The van der Waals surface area contributed by atoms with Crippen molar-refractivity contribution in [2.75, 3.05) is 18.0 Å². The van der Waals surface area contributed by atoms with E-state index in [1.54, 1.807) is 10.7 Å². The van der Waals surface area contributed by atoms with E-state index in [0.717, 1.165) is 37.3 Å². The van der Waals surface area contributed by atoms with Crippen molar-refractivity contribution < 1.29 is 4.74 Å². The van der Waals surface area contributed by atoms with Crippen molar-refractivity contribution in [3.8, 4) is 11.9 Å². The van der Waals surface area contributed by atoms with Crippen molar-refractivity contribution in [2.24, 2.45) is 0 Å². The molecule has 1 saturated heterocycles. The monoisotopic (exact) mass is 319 g/mol. The Bertz CT molecular complexity index is 872. The summed E-state index contributed by atoms with van der Waals surface area (Å²) in [5.74, 6) is 0.653. The average molecular weight is 319 g/mol. The normalized spacial score (nSPS) is 15.4. The highest BCUT2D eigenvalue weighted by atomic mass is 16.5. The molecule has 0 spiro atoms. The van der Waals surface area contributed by atoms with E-state index in [0.29, 0.717) is 11.4 Å². The van der Waals surface area contributed by atoms with Crippen LogP contribution in [-0.2, 0) is 0 Å². The molecule has 1 fully saturated rings. The van der Waals surface area contributed by atoms with Gasteiger partial charge in [0, 0.05) is 49.9 Å². The van der Waals surface area contributed by atoms with Gasteiger partial charge < -0.3 is 9.64 Å². The highest BCUT2D eigenvalue weighted by Crippen LogP contribution is 2.23. The van der Waals surface area contributed by atoms with E-state index in [2.05, 4.69) is 21.1 Å². The molecular weight excluding hydrogens is 302 g/mol. The number of fused-ring (bicyclic) bond motifs is 1. The summed E-state index contributed by atoms with van der Waals surface area (Å²) in [7, 11) is 0. The van der Waals surface area contributed by atoms with Gasteiger partial charge in [-0.05, 0) is 24.3 Å². The Balaban J connectivity index is 1.37. The molecule has 0 bridgehead atoms. The Morgan fingerprint density at radius 3 is 2.62 bits per heavy atom. The summed E-state index contributed by atoms with van der Waals surface area (Å²) in [6.45, 7) is 1.87. The molecule has 1 aliphatic rings. The number of ether oxygens (including phenoxy) is 1. The zero-order chi connectivity index (χ0) is 16.4. The van der Waals surface area contributed by atoms with Gasteiger partial charge >= 0.3 is 0 Å². The van der Waals surface area contributed by atoms with Crippen LogP contribution < -0.4 is 9.64 Å². The molecule has 0 saturated carbocycles. The van der Waals surface area contributed by atoms with Crippen LogP contribution in [0, 0.1) is 11.3 Å². The fourth-order valence-corrected chi connectivity index (χ4v) is 3.01. The number of anilines is 1. The van der Waals surface area contributed by atoms with E-state index in [4.69, 9.17) is 10.00 Å². The Labute approximate surface area is 139 Å². The number of hydrogen-bond acceptors (Lipinski definition) is 5. The molecule has 2 aromatic heterocycles. The summed E-state index contributed by atoms with van der Waals surface area (Å²) in [5.41, 5.74) is 2.65. The maximum Gasteiger partial charge on any atom is 0.217 e. The van der Waals surface area contributed by atoms with Crippen LogP contribution in [0.15, 0.2) is 48.8 Å². The Hall–Kier alpha value is -3.07. The topological polar surface area (TPSA) is 66.5 Å². The zero-order valence-corrected chi connectivity index (χ0v) is 13.2. The van der Waals surface area contributed by atoms with Crippen molar-refractivity contribution >= 4 is 11.3 Å². The molecule has 0 radical (unpaired) electrons. The van der Waals surface area contributed by atoms with Crippen LogP contribution in [0.5, 0.6) is 5.88 Å². The first kappa shape index (κ1) is 14.5. The third kappa shape index (κ3) is 2.88. The molecule has 3 aromatic rings. The SMILES string of the molecule is N#Cc1ccc(N2CCC(Oc3ccn4nccc4n3)CC2)cc1. The molecule has 4 rings (SSSR count). The standard InChI is InChI=1S/C18H17N5O/c19-13-14-1-3-15(4-2-14)22-10-6-16(7-11-22)24-18-8-12-23-17(21-18)5-9-20-23/h1-5,8-9,12,16H,6-7,10-11H2. The maximum atomic E-state index is 8.87. The largest absolute Gasteiger partial charge is 0.474 e. The van der Waals surface area contributed by atoms with Crippen LogP contribution in [0.3, 0.4) is 0 Å². The third-order valence-electron chi connectivity index (χ3n) is 4.32. The van der Waals surface area contributed by atoms with Crippen LogP contribution in [0.4, 0.5) is 5.69 Å². The van der Waals surface area contributed by atoms with E-state index in [9.17, 15) is 0 Å². The fourth-order valence-electron chi connectivity index (χ4n) is 3.01. The lowest BCUT2D eigenvalue weighted by atomic mass is 10.1. The summed E-state index contributed by atoms with van der Waals surface area (Å²) >= 11 is 0. The third-order valence-corrected chi connectivity index (χ3v) is 4.32. The number of nitriles is 1. The number of aromatic nitrogens is 3. The minimum Gasteiger partial charge on any atom is -0.474 e. The molecule has 0 N–H and O–H groups in total. The van der Waals surface area contributed by atoms with Crippen molar-refractivity contribution in [1.29, 1.82) is 5.26 Å². The minimum atomic E-state index is 0.178. The predicted octanol–water partition coefficient (Wildman–Crippen LogP) is 2.65. The molecule has 6 heteroatoms. The average Bonchev–Trinajstić information content (AvgIpc) is 3.10. The van der Waals surface area contributed by atoms with Gasteiger partial charge in [-0.3, -0.25) is 0 Å². The summed E-state index contributed by atoms with van der Waals surface area (Å²) in [4.78, 5) is 6.79. The molecule has 1 aromatic carbocycles. The van der Waals surface area contributed by atoms with E-state index < -0.39 is 0 Å². The van der Waals surface area contributed by atoms with Gasteiger partial charge in [0.2, 0.25) is 5.88 Å². The first-order valence-electron chi connectivity index (χ1n) is 8.04.